The van der Waals surface area contributed by atoms with Crippen LogP contribution in [0.15, 0.2) is 90.4 Å². The maximum atomic E-state index is 14.1. The van der Waals surface area contributed by atoms with Crippen molar-refractivity contribution >= 4 is 5.91 Å². The lowest BCUT2D eigenvalue weighted by Gasteiger charge is -2.37. The molecule has 2 unspecified atom stereocenters. The molecule has 1 aliphatic carbocycles. The molecule has 5 rings (SSSR count). The third-order valence-corrected chi connectivity index (χ3v) is 7.68. The first-order valence-electron chi connectivity index (χ1n) is 13.1. The first-order valence-corrected chi connectivity index (χ1v) is 13.1. The summed E-state index contributed by atoms with van der Waals surface area (Å²) in [5, 5.41) is 10.4. The monoisotopic (exact) mass is 496 g/mol. The molecule has 0 saturated heterocycles. The predicted molar refractivity (Wildman–Crippen MR) is 146 cm³/mol. The fourth-order valence-electron chi connectivity index (χ4n) is 5.79. The molecular formula is C31H36N4O2. The van der Waals surface area contributed by atoms with Gasteiger partial charge in [0.2, 0.25) is 5.91 Å². The zero-order valence-electron chi connectivity index (χ0n) is 21.9. The fourth-order valence-corrected chi connectivity index (χ4v) is 5.79. The second-order valence-electron chi connectivity index (χ2n) is 10.4. The van der Waals surface area contributed by atoms with Crippen molar-refractivity contribution in [2.24, 2.45) is 5.92 Å². The van der Waals surface area contributed by atoms with Crippen LogP contribution in [0.25, 0.3) is 0 Å². The van der Waals surface area contributed by atoms with Gasteiger partial charge in [-0.15, -0.1) is 0 Å². The van der Waals surface area contributed by atoms with E-state index in [1.165, 1.54) is 11.3 Å². The molecule has 6 heteroatoms. The molecule has 1 N–H and O–H groups in total. The zero-order valence-corrected chi connectivity index (χ0v) is 21.9. The van der Waals surface area contributed by atoms with Gasteiger partial charge in [-0.3, -0.25) is 4.79 Å². The van der Waals surface area contributed by atoms with E-state index in [0.717, 1.165) is 35.5 Å². The number of allylic oxidation sites excluding steroid dienone is 4. The Morgan fingerprint density at radius 3 is 2.24 bits per heavy atom. The Labute approximate surface area is 219 Å². The second kappa shape index (κ2) is 10.8. The molecule has 0 radical (unpaired) electrons. The molecule has 0 bridgehead atoms. The predicted octanol–water partition coefficient (Wildman–Crippen LogP) is 4.37. The molecule has 2 atom stereocenters. The Morgan fingerprint density at radius 1 is 1.03 bits per heavy atom. The van der Waals surface area contributed by atoms with Crippen LogP contribution in [0.1, 0.15) is 41.8 Å². The van der Waals surface area contributed by atoms with E-state index >= 15 is 0 Å². The van der Waals surface area contributed by atoms with Gasteiger partial charge in [0.15, 0.2) is 0 Å². The van der Waals surface area contributed by atoms with Crippen molar-refractivity contribution in [3.63, 3.8) is 0 Å². The number of benzene rings is 2. The van der Waals surface area contributed by atoms with Crippen LogP contribution in [0.4, 0.5) is 0 Å². The Morgan fingerprint density at radius 2 is 1.68 bits per heavy atom. The number of imidazole rings is 1. The molecule has 1 aromatic heterocycles. The second-order valence-corrected chi connectivity index (χ2v) is 10.4. The highest BCUT2D eigenvalue weighted by Crippen LogP contribution is 2.32. The van der Waals surface area contributed by atoms with E-state index in [9.17, 15) is 9.90 Å². The van der Waals surface area contributed by atoms with Crippen LogP contribution in [0.3, 0.4) is 0 Å². The average Bonchev–Trinajstić information content (AvgIpc) is 3.30. The highest BCUT2D eigenvalue weighted by molar-refractivity contribution is 5.87. The average molecular weight is 497 g/mol. The Hall–Kier alpha value is -3.64. The lowest BCUT2D eigenvalue weighted by Crippen LogP contribution is -2.48. The van der Waals surface area contributed by atoms with Gasteiger partial charge in [0.05, 0.1) is 37.1 Å². The Kier molecular flexibility index (Phi) is 7.28. The maximum absolute atomic E-state index is 14.1. The summed E-state index contributed by atoms with van der Waals surface area (Å²) in [6.45, 7) is 3.38. The maximum Gasteiger partial charge on any atom is 0.235 e. The molecule has 2 aromatic carbocycles. The minimum absolute atomic E-state index is 0.00168. The number of hydrogen-bond acceptors (Lipinski definition) is 4. The van der Waals surface area contributed by atoms with Crippen molar-refractivity contribution in [3.8, 4) is 0 Å². The molecule has 0 saturated carbocycles. The summed E-state index contributed by atoms with van der Waals surface area (Å²) < 4.78 is 2.21. The van der Waals surface area contributed by atoms with Gasteiger partial charge >= 0.3 is 0 Å². The van der Waals surface area contributed by atoms with Crippen LogP contribution < -0.4 is 0 Å². The third-order valence-electron chi connectivity index (χ3n) is 7.68. The van der Waals surface area contributed by atoms with Crippen LogP contribution in [-0.4, -0.2) is 57.1 Å². The van der Waals surface area contributed by atoms with Gasteiger partial charge in [0.25, 0.3) is 0 Å². The molecule has 6 nitrogen and oxygen atoms in total. The molecule has 0 spiro atoms. The van der Waals surface area contributed by atoms with E-state index in [1.54, 1.807) is 0 Å². The third kappa shape index (κ3) is 5.12. The lowest BCUT2D eigenvalue weighted by molar-refractivity contribution is -0.136. The van der Waals surface area contributed by atoms with Gasteiger partial charge in [0, 0.05) is 38.5 Å². The number of nitrogens with zero attached hydrogens (tertiary/aromatic N) is 4. The molecule has 37 heavy (non-hydrogen) atoms. The van der Waals surface area contributed by atoms with Crippen LogP contribution in [0.5, 0.6) is 0 Å². The minimum Gasteiger partial charge on any atom is -0.394 e. The van der Waals surface area contributed by atoms with E-state index in [0.29, 0.717) is 18.9 Å². The van der Waals surface area contributed by atoms with Gasteiger partial charge < -0.3 is 19.5 Å². The smallest absolute Gasteiger partial charge is 0.235 e. The molecule has 1 amide bonds. The number of aliphatic hydroxyl groups excluding tert-OH is 1. The van der Waals surface area contributed by atoms with Gasteiger partial charge in [0.1, 0.15) is 0 Å². The number of aromatic nitrogens is 2. The van der Waals surface area contributed by atoms with Crippen molar-refractivity contribution in [2.75, 3.05) is 20.7 Å². The molecule has 2 aliphatic rings. The van der Waals surface area contributed by atoms with Crippen LogP contribution in [0, 0.1) is 5.92 Å². The highest BCUT2D eigenvalue weighted by atomic mass is 16.3. The SMILES string of the molecule is CC1CC(Cn2cnc3c2CC(CO)N(C(=O)C(c2ccccc2)c2ccccc2)C3)=CC=C1N(C)C. The topological polar surface area (TPSA) is 61.6 Å². The van der Waals surface area contributed by atoms with Crippen molar-refractivity contribution in [1.29, 1.82) is 0 Å². The quantitative estimate of drug-likeness (QED) is 0.528. The van der Waals surface area contributed by atoms with Gasteiger partial charge in [-0.1, -0.05) is 73.7 Å². The van der Waals surface area contributed by atoms with Crippen molar-refractivity contribution in [1.82, 2.24) is 19.4 Å². The van der Waals surface area contributed by atoms with Crippen molar-refractivity contribution < 1.29 is 9.90 Å². The van der Waals surface area contributed by atoms with Crippen molar-refractivity contribution in [3.05, 3.63) is 113 Å². The minimum atomic E-state index is -0.424. The first-order chi connectivity index (χ1) is 18.0. The molecular weight excluding hydrogens is 460 g/mol. The number of carbonyl (C=O) groups excluding carboxylic acids is 1. The summed E-state index contributed by atoms with van der Waals surface area (Å²) in [7, 11) is 4.19. The summed E-state index contributed by atoms with van der Waals surface area (Å²) in [4.78, 5) is 22.8. The Bertz CT molecular complexity index is 1250. The van der Waals surface area contributed by atoms with Gasteiger partial charge in [-0.05, 0) is 35.1 Å². The molecule has 192 valence electrons. The van der Waals surface area contributed by atoms with Crippen molar-refractivity contribution in [2.45, 2.75) is 44.8 Å². The molecule has 0 fully saturated rings. The number of aliphatic hydroxyl groups is 1. The van der Waals surface area contributed by atoms with Crippen LogP contribution in [0.2, 0.25) is 0 Å². The van der Waals surface area contributed by atoms with E-state index in [1.807, 2.05) is 71.9 Å². The number of carbonyl (C=O) groups is 1. The standard InChI is InChI=1S/C31H36N4O2/c1-22-16-23(14-15-28(22)33(2)3)18-34-21-32-27-19-35(26(20-36)17-29(27)34)31(37)30(24-10-6-4-7-11-24)25-12-8-5-9-13-25/h4-15,21-22,26,30,36H,16-20H2,1-3H3. The van der Waals surface area contributed by atoms with Gasteiger partial charge in [-0.2, -0.15) is 0 Å². The van der Waals surface area contributed by atoms with Gasteiger partial charge in [-0.25, -0.2) is 4.98 Å². The number of fused-ring (bicyclic) bond motifs is 1. The van der Waals surface area contributed by atoms with Crippen LogP contribution in [-0.2, 0) is 24.3 Å². The number of rotatable bonds is 7. The Balaban J connectivity index is 1.41. The fraction of sp³-hybridized carbons (Fsp3) is 0.355. The molecule has 1 aliphatic heterocycles. The largest absolute Gasteiger partial charge is 0.394 e. The van der Waals surface area contributed by atoms with E-state index in [2.05, 4.69) is 42.6 Å². The summed E-state index contributed by atoms with van der Waals surface area (Å²) in [6.07, 6.45) is 7.96. The summed E-state index contributed by atoms with van der Waals surface area (Å²) in [5.74, 6) is 0.0500. The highest BCUT2D eigenvalue weighted by Gasteiger charge is 2.36. The number of hydrogen-bond donors (Lipinski definition) is 1. The van der Waals surface area contributed by atoms with Crippen LogP contribution >= 0.6 is 0 Å². The number of amides is 1. The van der Waals surface area contributed by atoms with E-state index in [4.69, 9.17) is 4.98 Å². The molecule has 2 heterocycles. The summed E-state index contributed by atoms with van der Waals surface area (Å²) in [6, 6.07) is 19.5. The van der Waals surface area contributed by atoms with E-state index < -0.39 is 5.92 Å². The summed E-state index contributed by atoms with van der Waals surface area (Å²) in [5.41, 5.74) is 6.66. The van der Waals surface area contributed by atoms with E-state index in [-0.39, 0.29) is 18.6 Å². The normalized spacial score (nSPS) is 19.3. The summed E-state index contributed by atoms with van der Waals surface area (Å²) >= 11 is 0. The molecule has 3 aromatic rings. The zero-order chi connectivity index (χ0) is 25.9. The first kappa shape index (κ1) is 25.0. The lowest BCUT2D eigenvalue weighted by atomic mass is 9.88.